The molecule has 0 atom stereocenters. The van der Waals surface area contributed by atoms with E-state index in [0.29, 0.717) is 66.0 Å². The average Bonchev–Trinajstić information content (AvgIpc) is 2.72. The van der Waals surface area contributed by atoms with E-state index in [9.17, 15) is 4.79 Å². The fraction of sp³-hybridized carbons (Fsp3) is 0.348. The molecule has 6 nitrogen and oxygen atoms in total. The average molecular weight is 398 g/mol. The molecule has 0 aliphatic carbocycles. The smallest absolute Gasteiger partial charge is 0.235 e. The Bertz CT molecular complexity index is 1040. The first-order chi connectivity index (χ1) is 14.1. The number of hydrogen-bond donors (Lipinski definition) is 0. The molecule has 3 rings (SSSR count). The second-order valence-corrected chi connectivity index (χ2v) is 6.14. The zero-order valence-electron chi connectivity index (χ0n) is 17.2. The summed E-state index contributed by atoms with van der Waals surface area (Å²) >= 11 is 0. The van der Waals surface area contributed by atoms with E-state index < -0.39 is 0 Å². The minimum absolute atomic E-state index is 0.177. The van der Waals surface area contributed by atoms with Gasteiger partial charge in [-0.15, -0.1) is 0 Å². The van der Waals surface area contributed by atoms with Gasteiger partial charge in [-0.3, -0.25) is 4.79 Å². The highest BCUT2D eigenvalue weighted by molar-refractivity contribution is 5.83. The van der Waals surface area contributed by atoms with E-state index in [0.717, 1.165) is 0 Å². The van der Waals surface area contributed by atoms with Gasteiger partial charge in [0.05, 0.1) is 31.8 Å². The second kappa shape index (κ2) is 9.37. The first-order valence-corrected chi connectivity index (χ1v) is 9.89. The van der Waals surface area contributed by atoms with Crippen LogP contribution in [0.15, 0.2) is 45.6 Å². The van der Waals surface area contributed by atoms with Crippen molar-refractivity contribution >= 4 is 11.0 Å². The molecule has 0 aliphatic rings. The molecule has 2 aromatic carbocycles. The Morgan fingerprint density at radius 3 is 2.14 bits per heavy atom. The molecule has 29 heavy (non-hydrogen) atoms. The molecule has 0 unspecified atom stereocenters. The monoisotopic (exact) mass is 398 g/mol. The van der Waals surface area contributed by atoms with Gasteiger partial charge in [0, 0.05) is 11.6 Å². The van der Waals surface area contributed by atoms with Gasteiger partial charge in [-0.25, -0.2) is 0 Å². The number of hydrogen-bond acceptors (Lipinski definition) is 6. The highest BCUT2D eigenvalue weighted by atomic mass is 16.5. The largest absolute Gasteiger partial charge is 0.494 e. The number of benzene rings is 2. The van der Waals surface area contributed by atoms with Crippen molar-refractivity contribution in [2.24, 2.45) is 0 Å². The molecule has 0 N–H and O–H groups in total. The van der Waals surface area contributed by atoms with Gasteiger partial charge >= 0.3 is 0 Å². The molecule has 0 saturated carbocycles. The minimum atomic E-state index is -0.224. The summed E-state index contributed by atoms with van der Waals surface area (Å²) in [6.07, 6.45) is 0. The summed E-state index contributed by atoms with van der Waals surface area (Å²) in [6, 6.07) is 10.6. The Balaban J connectivity index is 2.22. The first-order valence-electron chi connectivity index (χ1n) is 9.89. The van der Waals surface area contributed by atoms with Crippen molar-refractivity contribution in [3.63, 3.8) is 0 Å². The molecule has 6 heteroatoms. The lowest BCUT2D eigenvalue weighted by Gasteiger charge is -2.14. The van der Waals surface area contributed by atoms with Crippen molar-refractivity contribution < 1.29 is 23.4 Å². The Kier molecular flexibility index (Phi) is 6.65. The second-order valence-electron chi connectivity index (χ2n) is 6.14. The maximum absolute atomic E-state index is 13.1. The zero-order valence-corrected chi connectivity index (χ0v) is 17.2. The van der Waals surface area contributed by atoms with Gasteiger partial charge in [0.2, 0.25) is 11.2 Å². The first kappa shape index (κ1) is 20.6. The fourth-order valence-electron chi connectivity index (χ4n) is 3.07. The van der Waals surface area contributed by atoms with Crippen LogP contribution in [0.2, 0.25) is 0 Å². The van der Waals surface area contributed by atoms with Crippen molar-refractivity contribution in [1.29, 1.82) is 0 Å². The molecule has 0 saturated heterocycles. The summed E-state index contributed by atoms with van der Waals surface area (Å²) < 4.78 is 28.7. The third-order valence-corrected chi connectivity index (χ3v) is 4.23. The van der Waals surface area contributed by atoms with Crippen LogP contribution in [0.1, 0.15) is 27.7 Å². The van der Waals surface area contributed by atoms with E-state index in [2.05, 4.69) is 0 Å². The van der Waals surface area contributed by atoms with E-state index in [4.69, 9.17) is 23.4 Å². The standard InChI is InChI=1S/C23H26O6/c1-5-25-16-10-11-17-19(14-16)29-22(23(21(17)24)28-8-4)15-9-12-18(26-6-2)20(13-15)27-7-3/h9-14H,5-8H2,1-4H3. The van der Waals surface area contributed by atoms with Gasteiger partial charge in [0.1, 0.15) is 11.3 Å². The van der Waals surface area contributed by atoms with E-state index in [1.807, 2.05) is 33.8 Å². The maximum Gasteiger partial charge on any atom is 0.235 e. The van der Waals surface area contributed by atoms with E-state index in [1.165, 1.54) is 0 Å². The molecule has 1 heterocycles. The normalized spacial score (nSPS) is 10.8. The molecule has 0 fully saturated rings. The third kappa shape index (κ3) is 4.31. The molecule has 3 aromatic rings. The molecule has 0 aliphatic heterocycles. The lowest BCUT2D eigenvalue weighted by molar-refractivity contribution is 0.288. The van der Waals surface area contributed by atoms with Crippen molar-refractivity contribution in [3.05, 3.63) is 46.6 Å². The quantitative estimate of drug-likeness (QED) is 0.502. The number of rotatable bonds is 9. The molecule has 154 valence electrons. The van der Waals surface area contributed by atoms with Crippen molar-refractivity contribution in [3.8, 4) is 34.3 Å². The molecular formula is C23H26O6. The number of ether oxygens (including phenoxy) is 4. The van der Waals surface area contributed by atoms with Gasteiger partial charge in [-0.1, -0.05) is 0 Å². The van der Waals surface area contributed by atoms with Crippen molar-refractivity contribution in [1.82, 2.24) is 0 Å². The van der Waals surface area contributed by atoms with Gasteiger partial charge in [-0.05, 0) is 58.0 Å². The Hall–Kier alpha value is -3.15. The summed E-state index contributed by atoms with van der Waals surface area (Å²) in [5.74, 6) is 2.38. The van der Waals surface area contributed by atoms with E-state index >= 15 is 0 Å². The molecule has 0 bridgehead atoms. The van der Waals surface area contributed by atoms with Crippen LogP contribution in [0.25, 0.3) is 22.3 Å². The lowest BCUT2D eigenvalue weighted by atomic mass is 10.1. The molecular weight excluding hydrogens is 372 g/mol. The van der Waals surface area contributed by atoms with E-state index in [1.54, 1.807) is 30.3 Å². The third-order valence-electron chi connectivity index (χ3n) is 4.23. The highest BCUT2D eigenvalue weighted by Gasteiger charge is 2.19. The van der Waals surface area contributed by atoms with Crippen LogP contribution in [0.4, 0.5) is 0 Å². The maximum atomic E-state index is 13.1. The minimum Gasteiger partial charge on any atom is -0.494 e. The highest BCUT2D eigenvalue weighted by Crippen LogP contribution is 2.37. The Morgan fingerprint density at radius 1 is 0.759 bits per heavy atom. The topological polar surface area (TPSA) is 67.1 Å². The van der Waals surface area contributed by atoms with Crippen LogP contribution in [0.5, 0.6) is 23.0 Å². The van der Waals surface area contributed by atoms with Crippen LogP contribution in [0.3, 0.4) is 0 Å². The van der Waals surface area contributed by atoms with Crippen molar-refractivity contribution in [2.75, 3.05) is 26.4 Å². The summed E-state index contributed by atoms with van der Waals surface area (Å²) in [5.41, 5.74) is 0.880. The van der Waals surface area contributed by atoms with E-state index in [-0.39, 0.29) is 11.2 Å². The summed E-state index contributed by atoms with van der Waals surface area (Å²) in [6.45, 7) is 9.42. The van der Waals surface area contributed by atoms with Gasteiger partial charge in [0.25, 0.3) is 0 Å². The Labute approximate surface area is 170 Å². The lowest BCUT2D eigenvalue weighted by Crippen LogP contribution is -2.10. The number of fused-ring (bicyclic) bond motifs is 1. The SMILES string of the molecule is CCOc1ccc2c(=O)c(OCC)c(-c3ccc(OCC)c(OCC)c3)oc2c1. The van der Waals surface area contributed by atoms with Crippen LogP contribution in [0, 0.1) is 0 Å². The molecule has 0 spiro atoms. The zero-order chi connectivity index (χ0) is 20.8. The van der Waals surface area contributed by atoms with Gasteiger partial charge < -0.3 is 23.4 Å². The van der Waals surface area contributed by atoms with Crippen LogP contribution < -0.4 is 24.4 Å². The van der Waals surface area contributed by atoms with Crippen LogP contribution in [-0.2, 0) is 0 Å². The summed E-state index contributed by atoms with van der Waals surface area (Å²) in [7, 11) is 0. The Morgan fingerprint density at radius 2 is 1.45 bits per heavy atom. The predicted molar refractivity (Wildman–Crippen MR) is 113 cm³/mol. The van der Waals surface area contributed by atoms with Gasteiger partial charge in [-0.2, -0.15) is 0 Å². The molecule has 1 aromatic heterocycles. The summed E-state index contributed by atoms with van der Waals surface area (Å²) in [5, 5.41) is 0.441. The van der Waals surface area contributed by atoms with Gasteiger partial charge in [0.15, 0.2) is 17.3 Å². The van der Waals surface area contributed by atoms with Crippen molar-refractivity contribution in [2.45, 2.75) is 27.7 Å². The predicted octanol–water partition coefficient (Wildman–Crippen LogP) is 5.05. The fourth-order valence-corrected chi connectivity index (χ4v) is 3.07. The van der Waals surface area contributed by atoms with Crippen LogP contribution >= 0.6 is 0 Å². The summed E-state index contributed by atoms with van der Waals surface area (Å²) in [4.78, 5) is 13.1. The van der Waals surface area contributed by atoms with Crippen LogP contribution in [-0.4, -0.2) is 26.4 Å². The molecule has 0 amide bonds. The molecule has 0 radical (unpaired) electrons.